The van der Waals surface area contributed by atoms with Crippen LogP contribution in [0.1, 0.15) is 33.8 Å². The summed E-state index contributed by atoms with van der Waals surface area (Å²) in [6, 6.07) is 18.5. The maximum atomic E-state index is 12.3. The predicted molar refractivity (Wildman–Crippen MR) is 85.7 cm³/mol. The summed E-state index contributed by atoms with van der Waals surface area (Å²) in [7, 11) is 0. The van der Waals surface area contributed by atoms with Gasteiger partial charge in [-0.05, 0) is 31.4 Å². The van der Waals surface area contributed by atoms with Gasteiger partial charge in [-0.3, -0.25) is 9.69 Å². The zero-order chi connectivity index (χ0) is 14.7. The number of nitrogens with zero attached hydrogens (tertiary/aromatic N) is 1. The van der Waals surface area contributed by atoms with Gasteiger partial charge in [0.25, 0.3) is 0 Å². The van der Waals surface area contributed by atoms with E-state index in [1.54, 1.807) is 0 Å². The second-order valence-electron chi connectivity index (χ2n) is 5.92. The third-order valence-electron chi connectivity index (χ3n) is 4.28. The highest BCUT2D eigenvalue weighted by Crippen LogP contribution is 2.26. The maximum absolute atomic E-state index is 12.3. The zero-order valence-electron chi connectivity index (χ0n) is 12.5. The molecule has 1 saturated heterocycles. The topological polar surface area (TPSA) is 20.3 Å². The molecule has 0 N–H and O–H groups in total. The van der Waals surface area contributed by atoms with Crippen molar-refractivity contribution in [1.29, 1.82) is 0 Å². The standard InChI is InChI=1S/C19H21NO/c1-15-7-9-17(10-8-15)19(21)14-20-12-11-18(13-20)16-5-3-2-4-6-16/h2-10,18H,11-14H2,1H3. The fraction of sp³-hybridized carbons (Fsp3) is 0.316. The molecule has 0 aliphatic carbocycles. The molecule has 1 heterocycles. The number of hydrogen-bond donors (Lipinski definition) is 0. The second-order valence-corrected chi connectivity index (χ2v) is 5.92. The van der Waals surface area contributed by atoms with Crippen LogP contribution in [0.2, 0.25) is 0 Å². The highest BCUT2D eigenvalue weighted by molar-refractivity contribution is 5.97. The van der Waals surface area contributed by atoms with Crippen molar-refractivity contribution in [3.63, 3.8) is 0 Å². The van der Waals surface area contributed by atoms with Gasteiger partial charge in [-0.1, -0.05) is 60.2 Å². The average molecular weight is 279 g/mol. The molecule has 0 bridgehead atoms. The van der Waals surface area contributed by atoms with Crippen LogP contribution in [0.15, 0.2) is 54.6 Å². The number of ketones is 1. The Morgan fingerprint density at radius 1 is 1.10 bits per heavy atom. The number of carbonyl (C=O) groups is 1. The molecule has 108 valence electrons. The molecule has 1 fully saturated rings. The molecule has 2 aromatic carbocycles. The van der Waals surface area contributed by atoms with E-state index in [0.29, 0.717) is 12.5 Å². The van der Waals surface area contributed by atoms with E-state index in [4.69, 9.17) is 0 Å². The van der Waals surface area contributed by atoms with Gasteiger partial charge in [-0.25, -0.2) is 0 Å². The monoisotopic (exact) mass is 279 g/mol. The molecule has 1 atom stereocenters. The number of carbonyl (C=O) groups excluding carboxylic acids is 1. The van der Waals surface area contributed by atoms with Gasteiger partial charge in [0.15, 0.2) is 5.78 Å². The molecule has 21 heavy (non-hydrogen) atoms. The van der Waals surface area contributed by atoms with E-state index in [1.165, 1.54) is 11.1 Å². The van der Waals surface area contributed by atoms with E-state index >= 15 is 0 Å². The van der Waals surface area contributed by atoms with Crippen LogP contribution in [0.4, 0.5) is 0 Å². The van der Waals surface area contributed by atoms with Crippen molar-refractivity contribution in [3.8, 4) is 0 Å². The minimum atomic E-state index is 0.226. The minimum absolute atomic E-state index is 0.226. The lowest BCUT2D eigenvalue weighted by Crippen LogP contribution is -2.27. The summed E-state index contributed by atoms with van der Waals surface area (Å²) in [4.78, 5) is 14.6. The molecule has 2 nitrogen and oxygen atoms in total. The molecule has 1 unspecified atom stereocenters. The Hall–Kier alpha value is -1.93. The molecule has 0 amide bonds. The first-order valence-electron chi connectivity index (χ1n) is 7.59. The van der Waals surface area contributed by atoms with Crippen molar-refractivity contribution in [1.82, 2.24) is 4.90 Å². The van der Waals surface area contributed by atoms with E-state index in [0.717, 1.165) is 25.1 Å². The third-order valence-corrected chi connectivity index (χ3v) is 4.28. The normalized spacial score (nSPS) is 18.8. The first-order valence-corrected chi connectivity index (χ1v) is 7.59. The Kier molecular flexibility index (Phi) is 4.16. The SMILES string of the molecule is Cc1ccc(C(=O)CN2CCC(c3ccccc3)C2)cc1. The summed E-state index contributed by atoms with van der Waals surface area (Å²) in [6.07, 6.45) is 1.14. The predicted octanol–water partition coefficient (Wildman–Crippen LogP) is 3.67. The van der Waals surface area contributed by atoms with E-state index in [9.17, 15) is 4.79 Å². The van der Waals surface area contributed by atoms with Crippen LogP contribution < -0.4 is 0 Å². The average Bonchev–Trinajstić information content (AvgIpc) is 2.97. The van der Waals surface area contributed by atoms with Crippen molar-refractivity contribution in [3.05, 3.63) is 71.3 Å². The number of likely N-dealkylation sites (tertiary alicyclic amines) is 1. The van der Waals surface area contributed by atoms with Gasteiger partial charge in [-0.15, -0.1) is 0 Å². The fourth-order valence-electron chi connectivity index (χ4n) is 3.01. The maximum Gasteiger partial charge on any atom is 0.176 e. The molecule has 1 aliphatic rings. The van der Waals surface area contributed by atoms with Crippen LogP contribution in [-0.4, -0.2) is 30.3 Å². The Bertz CT molecular complexity index is 603. The first-order chi connectivity index (χ1) is 10.2. The summed E-state index contributed by atoms with van der Waals surface area (Å²) in [5.74, 6) is 0.792. The number of hydrogen-bond acceptors (Lipinski definition) is 2. The lowest BCUT2D eigenvalue weighted by Gasteiger charge is -2.15. The van der Waals surface area contributed by atoms with Crippen LogP contribution in [0, 0.1) is 6.92 Å². The number of aryl methyl sites for hydroxylation is 1. The minimum Gasteiger partial charge on any atom is -0.295 e. The van der Waals surface area contributed by atoms with E-state index in [2.05, 4.69) is 35.2 Å². The molecule has 0 spiro atoms. The second kappa shape index (κ2) is 6.23. The van der Waals surface area contributed by atoms with Crippen LogP contribution in [0.3, 0.4) is 0 Å². The summed E-state index contributed by atoms with van der Waals surface area (Å²) < 4.78 is 0. The van der Waals surface area contributed by atoms with Crippen molar-refractivity contribution in [2.45, 2.75) is 19.3 Å². The Balaban J connectivity index is 1.60. The van der Waals surface area contributed by atoms with Gasteiger partial charge in [0.1, 0.15) is 0 Å². The van der Waals surface area contributed by atoms with E-state index in [1.807, 2.05) is 31.2 Å². The van der Waals surface area contributed by atoms with Gasteiger partial charge < -0.3 is 0 Å². The third kappa shape index (κ3) is 3.40. The zero-order valence-corrected chi connectivity index (χ0v) is 12.5. The van der Waals surface area contributed by atoms with Gasteiger partial charge in [0.05, 0.1) is 6.54 Å². The van der Waals surface area contributed by atoms with Gasteiger partial charge in [0.2, 0.25) is 0 Å². The van der Waals surface area contributed by atoms with Crippen LogP contribution in [0.5, 0.6) is 0 Å². The van der Waals surface area contributed by atoms with Crippen LogP contribution >= 0.6 is 0 Å². The molecule has 2 aromatic rings. The van der Waals surface area contributed by atoms with E-state index in [-0.39, 0.29) is 5.78 Å². The number of Topliss-reactive ketones (excluding diaryl/α,β-unsaturated/α-hetero) is 1. The van der Waals surface area contributed by atoms with Crippen molar-refractivity contribution in [2.75, 3.05) is 19.6 Å². The molecule has 2 heteroatoms. The van der Waals surface area contributed by atoms with Crippen LogP contribution in [0.25, 0.3) is 0 Å². The Morgan fingerprint density at radius 2 is 1.81 bits per heavy atom. The Labute approximate surface area is 126 Å². The fourth-order valence-corrected chi connectivity index (χ4v) is 3.01. The Morgan fingerprint density at radius 3 is 2.52 bits per heavy atom. The van der Waals surface area contributed by atoms with Gasteiger partial charge >= 0.3 is 0 Å². The number of benzene rings is 2. The molecule has 1 aliphatic heterocycles. The van der Waals surface area contributed by atoms with Gasteiger partial charge in [-0.2, -0.15) is 0 Å². The summed E-state index contributed by atoms with van der Waals surface area (Å²) in [6.45, 7) is 4.57. The highest BCUT2D eigenvalue weighted by atomic mass is 16.1. The molecular weight excluding hydrogens is 258 g/mol. The number of rotatable bonds is 4. The summed E-state index contributed by atoms with van der Waals surface area (Å²) >= 11 is 0. The van der Waals surface area contributed by atoms with Crippen molar-refractivity contribution in [2.24, 2.45) is 0 Å². The smallest absolute Gasteiger partial charge is 0.176 e. The highest BCUT2D eigenvalue weighted by Gasteiger charge is 2.25. The van der Waals surface area contributed by atoms with Crippen molar-refractivity contribution >= 4 is 5.78 Å². The van der Waals surface area contributed by atoms with Gasteiger partial charge in [0, 0.05) is 12.1 Å². The lowest BCUT2D eigenvalue weighted by molar-refractivity contribution is 0.0944. The lowest BCUT2D eigenvalue weighted by atomic mass is 9.99. The molecule has 3 rings (SSSR count). The molecule has 0 radical (unpaired) electrons. The molecule has 0 saturated carbocycles. The van der Waals surface area contributed by atoms with E-state index < -0.39 is 0 Å². The largest absolute Gasteiger partial charge is 0.295 e. The molecule has 0 aromatic heterocycles. The van der Waals surface area contributed by atoms with Crippen molar-refractivity contribution < 1.29 is 4.79 Å². The van der Waals surface area contributed by atoms with Crippen LogP contribution in [-0.2, 0) is 0 Å². The summed E-state index contributed by atoms with van der Waals surface area (Å²) in [5, 5.41) is 0. The summed E-state index contributed by atoms with van der Waals surface area (Å²) in [5.41, 5.74) is 3.41. The quantitative estimate of drug-likeness (QED) is 0.796. The first kappa shape index (κ1) is 14.0. The molecular formula is C19H21NO.